The van der Waals surface area contributed by atoms with Gasteiger partial charge in [-0.3, -0.25) is 4.79 Å². The summed E-state index contributed by atoms with van der Waals surface area (Å²) in [4.78, 5) is 13.0. The fraction of sp³-hybridized carbons (Fsp3) is 0.845. The molecule has 0 bridgehead atoms. The highest BCUT2D eigenvalue weighted by Gasteiger charge is 2.44. The van der Waals surface area contributed by atoms with Crippen LogP contribution in [0.4, 0.5) is 0 Å². The lowest BCUT2D eigenvalue weighted by Crippen LogP contribution is -2.60. The molecule has 1 heterocycles. The van der Waals surface area contributed by atoms with Crippen molar-refractivity contribution in [3.63, 3.8) is 0 Å². The normalized spacial score (nSPS) is 20.0. The number of hydrogen-bond acceptors (Lipinski definition) is 8. The van der Waals surface area contributed by atoms with E-state index in [1.165, 1.54) is 193 Å². The molecule has 1 aliphatic heterocycles. The van der Waals surface area contributed by atoms with Crippen LogP contribution in [0.5, 0.6) is 0 Å². The van der Waals surface area contributed by atoms with Crippen LogP contribution in [-0.2, 0) is 14.3 Å². The minimum Gasteiger partial charge on any atom is -0.394 e. The van der Waals surface area contributed by atoms with Gasteiger partial charge >= 0.3 is 0 Å². The van der Waals surface area contributed by atoms with Crippen LogP contribution < -0.4 is 5.32 Å². The molecule has 1 rings (SSSR count). The summed E-state index contributed by atoms with van der Waals surface area (Å²) in [5, 5.41) is 54.3. The van der Waals surface area contributed by atoms with Crippen molar-refractivity contribution in [3.8, 4) is 0 Å². The molecular weight excluding hydrogens is 839 g/mol. The first-order valence-electron chi connectivity index (χ1n) is 28.4. The number of carbonyl (C=O) groups excluding carboxylic acids is 1. The summed E-state index contributed by atoms with van der Waals surface area (Å²) in [6, 6.07) is -0.821. The van der Waals surface area contributed by atoms with Gasteiger partial charge in [-0.05, 0) is 64.2 Å². The molecule has 1 saturated heterocycles. The molecule has 1 aliphatic rings. The Labute approximate surface area is 412 Å². The number of hydrogen-bond donors (Lipinski definition) is 6. The predicted molar refractivity (Wildman–Crippen MR) is 281 cm³/mol. The Morgan fingerprint density at radius 2 is 0.896 bits per heavy atom. The molecule has 0 aromatic rings. The second-order valence-corrected chi connectivity index (χ2v) is 19.7. The lowest BCUT2D eigenvalue weighted by molar-refractivity contribution is -0.302. The second-order valence-electron chi connectivity index (χ2n) is 19.7. The standard InChI is InChI=1S/C58H107NO8/c1-3-5-7-9-11-13-15-17-18-19-20-21-22-23-24-25-26-27-28-29-30-31-32-33-34-36-38-40-42-44-46-48-54(62)59-51(50-66-58-57(65)56(64)55(63)53(49-60)67-58)52(61)47-45-43-41-39-37-35-16-14-12-10-8-6-4-2/h20-21,23-24,37,39,45,47,51-53,55-58,60-61,63-65H,3-19,22,25-36,38,40-44,46,48-50H2,1-2H3,(H,59,62)/b21-20-,24-23-,39-37+,47-45+. The summed E-state index contributed by atoms with van der Waals surface area (Å²) in [6.07, 6.45) is 56.2. The van der Waals surface area contributed by atoms with Crippen molar-refractivity contribution in [2.75, 3.05) is 13.2 Å². The molecule has 9 heteroatoms. The van der Waals surface area contributed by atoms with Gasteiger partial charge in [-0.15, -0.1) is 0 Å². The van der Waals surface area contributed by atoms with E-state index in [-0.39, 0.29) is 12.5 Å². The molecule has 6 N–H and O–H groups in total. The van der Waals surface area contributed by atoms with Gasteiger partial charge in [-0.1, -0.05) is 236 Å². The average Bonchev–Trinajstić information content (AvgIpc) is 3.33. The summed E-state index contributed by atoms with van der Waals surface area (Å²) >= 11 is 0. The molecule has 1 amide bonds. The third-order valence-corrected chi connectivity index (χ3v) is 13.4. The molecule has 0 aromatic heterocycles. The molecule has 7 unspecified atom stereocenters. The monoisotopic (exact) mass is 946 g/mol. The first-order chi connectivity index (χ1) is 32.8. The zero-order valence-corrected chi connectivity index (χ0v) is 43.4. The first kappa shape index (κ1) is 63.2. The summed E-state index contributed by atoms with van der Waals surface area (Å²) in [5.74, 6) is -0.187. The second kappa shape index (κ2) is 47.8. The van der Waals surface area contributed by atoms with Crippen molar-refractivity contribution in [1.29, 1.82) is 0 Å². The minimum atomic E-state index is -1.57. The number of amides is 1. The van der Waals surface area contributed by atoms with E-state index < -0.39 is 49.5 Å². The third kappa shape index (κ3) is 37.6. The van der Waals surface area contributed by atoms with Gasteiger partial charge in [0.05, 0.1) is 25.4 Å². The van der Waals surface area contributed by atoms with Crippen LogP contribution >= 0.6 is 0 Å². The number of aliphatic hydroxyl groups excluding tert-OH is 5. The predicted octanol–water partition coefficient (Wildman–Crippen LogP) is 13.7. The van der Waals surface area contributed by atoms with Gasteiger partial charge in [0.15, 0.2) is 6.29 Å². The Morgan fingerprint density at radius 3 is 1.34 bits per heavy atom. The smallest absolute Gasteiger partial charge is 0.220 e. The van der Waals surface area contributed by atoms with E-state index in [9.17, 15) is 30.3 Å². The van der Waals surface area contributed by atoms with Gasteiger partial charge in [-0.2, -0.15) is 0 Å². The number of carbonyl (C=O) groups is 1. The summed E-state index contributed by atoms with van der Waals surface area (Å²) < 4.78 is 11.2. The van der Waals surface area contributed by atoms with E-state index in [0.717, 1.165) is 44.9 Å². The van der Waals surface area contributed by atoms with E-state index in [1.54, 1.807) is 6.08 Å². The Hall–Kier alpha value is -1.85. The van der Waals surface area contributed by atoms with Gasteiger partial charge in [0.25, 0.3) is 0 Å². The molecule has 67 heavy (non-hydrogen) atoms. The average molecular weight is 946 g/mol. The number of unbranched alkanes of at least 4 members (excludes halogenated alkanes) is 32. The van der Waals surface area contributed by atoms with Crippen LogP contribution in [0.1, 0.15) is 258 Å². The number of nitrogens with one attached hydrogen (secondary N) is 1. The quantitative estimate of drug-likeness (QED) is 0.0261. The van der Waals surface area contributed by atoms with Crippen molar-refractivity contribution in [1.82, 2.24) is 5.32 Å². The molecule has 9 nitrogen and oxygen atoms in total. The number of allylic oxidation sites excluding steroid dienone is 7. The lowest BCUT2D eigenvalue weighted by atomic mass is 9.99. The van der Waals surface area contributed by atoms with Crippen molar-refractivity contribution in [2.24, 2.45) is 0 Å². The Balaban J connectivity index is 2.15. The zero-order chi connectivity index (χ0) is 48.7. The van der Waals surface area contributed by atoms with E-state index in [1.807, 2.05) is 6.08 Å². The molecule has 7 atom stereocenters. The van der Waals surface area contributed by atoms with Crippen molar-refractivity contribution in [2.45, 2.75) is 301 Å². The summed E-state index contributed by atoms with van der Waals surface area (Å²) in [6.45, 7) is 3.76. The highest BCUT2D eigenvalue weighted by molar-refractivity contribution is 5.76. The van der Waals surface area contributed by atoms with Gasteiger partial charge in [0, 0.05) is 6.42 Å². The van der Waals surface area contributed by atoms with Crippen LogP contribution in [0.25, 0.3) is 0 Å². The van der Waals surface area contributed by atoms with E-state index in [4.69, 9.17) is 9.47 Å². The summed E-state index contributed by atoms with van der Waals surface area (Å²) in [7, 11) is 0. The molecule has 0 saturated carbocycles. The van der Waals surface area contributed by atoms with E-state index in [0.29, 0.717) is 6.42 Å². The molecule has 1 fully saturated rings. The van der Waals surface area contributed by atoms with Gasteiger partial charge in [0.1, 0.15) is 24.4 Å². The Bertz CT molecular complexity index is 1190. The Morgan fingerprint density at radius 1 is 0.507 bits per heavy atom. The molecule has 0 radical (unpaired) electrons. The maximum absolute atomic E-state index is 13.0. The van der Waals surface area contributed by atoms with Gasteiger partial charge < -0.3 is 40.3 Å². The van der Waals surface area contributed by atoms with Crippen LogP contribution in [0.2, 0.25) is 0 Å². The van der Waals surface area contributed by atoms with Crippen LogP contribution in [0.3, 0.4) is 0 Å². The van der Waals surface area contributed by atoms with Crippen molar-refractivity contribution in [3.05, 3.63) is 48.6 Å². The van der Waals surface area contributed by atoms with Crippen molar-refractivity contribution >= 4 is 5.91 Å². The minimum absolute atomic E-state index is 0.187. The SMILES string of the molecule is CCCCCCCCC/C=C/CC/C=C/C(O)C(COC1OC(CO)C(O)C(O)C1O)NC(=O)CCCCCCCCCCCCCCCCC/C=C\C/C=C\CCCCCCCCCCC. The Kier molecular flexibility index (Phi) is 45.1. The maximum atomic E-state index is 13.0. The van der Waals surface area contributed by atoms with E-state index in [2.05, 4.69) is 55.6 Å². The van der Waals surface area contributed by atoms with Gasteiger partial charge in [0.2, 0.25) is 5.91 Å². The largest absolute Gasteiger partial charge is 0.394 e. The lowest BCUT2D eigenvalue weighted by Gasteiger charge is -2.40. The molecule has 0 aliphatic carbocycles. The molecular formula is C58H107NO8. The maximum Gasteiger partial charge on any atom is 0.220 e. The number of ether oxygens (including phenoxy) is 2. The van der Waals surface area contributed by atoms with Crippen LogP contribution in [0.15, 0.2) is 48.6 Å². The molecule has 0 spiro atoms. The first-order valence-corrected chi connectivity index (χ1v) is 28.4. The van der Waals surface area contributed by atoms with Crippen LogP contribution in [0, 0.1) is 0 Å². The third-order valence-electron chi connectivity index (χ3n) is 13.4. The summed E-state index contributed by atoms with van der Waals surface area (Å²) in [5.41, 5.74) is 0. The highest BCUT2D eigenvalue weighted by Crippen LogP contribution is 2.23. The fourth-order valence-corrected chi connectivity index (χ4v) is 8.85. The zero-order valence-electron chi connectivity index (χ0n) is 43.4. The van der Waals surface area contributed by atoms with Gasteiger partial charge in [-0.25, -0.2) is 0 Å². The number of aliphatic hydroxyl groups is 5. The fourth-order valence-electron chi connectivity index (χ4n) is 8.85. The van der Waals surface area contributed by atoms with Crippen molar-refractivity contribution < 1.29 is 39.8 Å². The molecule has 392 valence electrons. The highest BCUT2D eigenvalue weighted by atomic mass is 16.7. The number of rotatable bonds is 48. The van der Waals surface area contributed by atoms with E-state index >= 15 is 0 Å². The van der Waals surface area contributed by atoms with Crippen LogP contribution in [-0.4, -0.2) is 87.5 Å². The topological polar surface area (TPSA) is 149 Å². The molecule has 0 aromatic carbocycles.